The average Bonchev–Trinajstić information content (AvgIpc) is 3.05. The van der Waals surface area contributed by atoms with Crippen LogP contribution in [0.1, 0.15) is 11.3 Å². The molecule has 0 atom stereocenters. The second-order valence-electron chi connectivity index (χ2n) is 4.88. The summed E-state index contributed by atoms with van der Waals surface area (Å²) in [5.74, 6) is 1.49. The van der Waals surface area contributed by atoms with Gasteiger partial charge in [-0.1, -0.05) is 18.2 Å². The minimum atomic E-state index is 0.0120. The van der Waals surface area contributed by atoms with Gasteiger partial charge < -0.3 is 18.8 Å². The van der Waals surface area contributed by atoms with E-state index >= 15 is 0 Å². The zero-order chi connectivity index (χ0) is 15.8. The molecule has 1 aromatic carbocycles. The monoisotopic (exact) mass is 303 g/mol. The smallest absolute Gasteiger partial charge is 0.227 e. The largest absolute Gasteiger partial charge is 0.496 e. The number of carbonyl (C=O) groups is 1. The highest BCUT2D eigenvalue weighted by molar-refractivity contribution is 5.79. The molecule has 22 heavy (non-hydrogen) atoms. The van der Waals surface area contributed by atoms with Crippen LogP contribution in [0.15, 0.2) is 47.1 Å². The van der Waals surface area contributed by atoms with E-state index in [0.717, 1.165) is 17.1 Å². The van der Waals surface area contributed by atoms with Crippen molar-refractivity contribution in [3.8, 4) is 5.75 Å². The molecule has 1 amide bonds. The SMILES string of the molecule is COCCN(Cc1ccco1)C(=O)Cc1ccccc1OC. The molecule has 0 saturated carbocycles. The Morgan fingerprint density at radius 2 is 2.00 bits per heavy atom. The van der Waals surface area contributed by atoms with Crippen LogP contribution >= 0.6 is 0 Å². The molecule has 0 saturated heterocycles. The maximum absolute atomic E-state index is 12.6. The predicted octanol–water partition coefficient (Wildman–Crippen LogP) is 2.51. The van der Waals surface area contributed by atoms with Crippen LogP contribution in [0, 0.1) is 0 Å². The summed E-state index contributed by atoms with van der Waals surface area (Å²) in [6.45, 7) is 1.44. The summed E-state index contributed by atoms with van der Waals surface area (Å²) in [6.07, 6.45) is 1.89. The average molecular weight is 303 g/mol. The maximum Gasteiger partial charge on any atom is 0.227 e. The van der Waals surface area contributed by atoms with E-state index in [0.29, 0.717) is 19.7 Å². The Kier molecular flexibility index (Phi) is 6.03. The number of benzene rings is 1. The van der Waals surface area contributed by atoms with Crippen LogP contribution in [0.25, 0.3) is 0 Å². The lowest BCUT2D eigenvalue weighted by Crippen LogP contribution is -2.34. The van der Waals surface area contributed by atoms with Crippen LogP contribution in [0.2, 0.25) is 0 Å². The summed E-state index contributed by atoms with van der Waals surface area (Å²) in [6, 6.07) is 11.2. The van der Waals surface area contributed by atoms with E-state index in [1.165, 1.54) is 0 Å². The van der Waals surface area contributed by atoms with Crippen molar-refractivity contribution in [1.82, 2.24) is 4.90 Å². The fourth-order valence-corrected chi connectivity index (χ4v) is 2.21. The fourth-order valence-electron chi connectivity index (χ4n) is 2.21. The first kappa shape index (κ1) is 16.1. The van der Waals surface area contributed by atoms with Gasteiger partial charge in [-0.05, 0) is 18.2 Å². The lowest BCUT2D eigenvalue weighted by molar-refractivity contribution is -0.132. The summed E-state index contributed by atoms with van der Waals surface area (Å²) < 4.78 is 15.7. The second kappa shape index (κ2) is 8.24. The summed E-state index contributed by atoms with van der Waals surface area (Å²) in [5.41, 5.74) is 0.872. The summed E-state index contributed by atoms with van der Waals surface area (Å²) in [4.78, 5) is 14.3. The fraction of sp³-hybridized carbons (Fsp3) is 0.353. The quantitative estimate of drug-likeness (QED) is 0.752. The van der Waals surface area contributed by atoms with Gasteiger partial charge >= 0.3 is 0 Å². The van der Waals surface area contributed by atoms with Gasteiger partial charge in [-0.3, -0.25) is 4.79 Å². The Labute approximate surface area is 130 Å². The van der Waals surface area contributed by atoms with Crippen LogP contribution in [-0.4, -0.2) is 38.2 Å². The highest BCUT2D eigenvalue weighted by Gasteiger charge is 2.17. The standard InChI is InChI=1S/C17H21NO4/c1-20-11-9-18(13-15-7-5-10-22-15)17(19)12-14-6-3-4-8-16(14)21-2/h3-8,10H,9,11-13H2,1-2H3. The molecule has 118 valence electrons. The van der Waals surface area contributed by atoms with Crippen molar-refractivity contribution in [3.63, 3.8) is 0 Å². The van der Waals surface area contributed by atoms with Crippen molar-refractivity contribution in [1.29, 1.82) is 0 Å². The molecule has 0 radical (unpaired) electrons. The van der Waals surface area contributed by atoms with Crippen molar-refractivity contribution < 1.29 is 18.7 Å². The number of nitrogens with zero attached hydrogens (tertiary/aromatic N) is 1. The van der Waals surface area contributed by atoms with Crippen LogP contribution < -0.4 is 4.74 Å². The minimum Gasteiger partial charge on any atom is -0.496 e. The van der Waals surface area contributed by atoms with E-state index in [2.05, 4.69) is 0 Å². The number of carbonyl (C=O) groups excluding carboxylic acids is 1. The number of para-hydroxylation sites is 1. The molecule has 0 N–H and O–H groups in total. The first-order valence-corrected chi connectivity index (χ1v) is 7.15. The molecule has 1 aromatic heterocycles. The third-order valence-corrected chi connectivity index (χ3v) is 3.38. The first-order valence-electron chi connectivity index (χ1n) is 7.15. The van der Waals surface area contributed by atoms with Crippen LogP contribution in [0.3, 0.4) is 0 Å². The molecule has 0 bridgehead atoms. The molecule has 0 aliphatic carbocycles. The Morgan fingerprint density at radius 3 is 2.68 bits per heavy atom. The first-order chi connectivity index (χ1) is 10.7. The number of hydrogen-bond acceptors (Lipinski definition) is 4. The van der Waals surface area contributed by atoms with Crippen molar-refractivity contribution in [2.45, 2.75) is 13.0 Å². The van der Waals surface area contributed by atoms with E-state index < -0.39 is 0 Å². The predicted molar refractivity (Wildman–Crippen MR) is 82.7 cm³/mol. The van der Waals surface area contributed by atoms with E-state index in [1.54, 1.807) is 25.4 Å². The summed E-state index contributed by atoms with van der Waals surface area (Å²) in [7, 11) is 3.23. The van der Waals surface area contributed by atoms with E-state index in [1.807, 2.05) is 36.4 Å². The van der Waals surface area contributed by atoms with Crippen molar-refractivity contribution in [3.05, 3.63) is 54.0 Å². The molecule has 2 aromatic rings. The molecule has 0 aliphatic rings. The van der Waals surface area contributed by atoms with Gasteiger partial charge in [-0.25, -0.2) is 0 Å². The van der Waals surface area contributed by atoms with Gasteiger partial charge in [0.25, 0.3) is 0 Å². The third kappa shape index (κ3) is 4.36. The number of rotatable bonds is 8. The lowest BCUT2D eigenvalue weighted by Gasteiger charge is -2.22. The summed E-state index contributed by atoms with van der Waals surface area (Å²) >= 11 is 0. The van der Waals surface area contributed by atoms with Crippen molar-refractivity contribution >= 4 is 5.91 Å². The van der Waals surface area contributed by atoms with Gasteiger partial charge in [0.15, 0.2) is 0 Å². The summed E-state index contributed by atoms with van der Waals surface area (Å²) in [5, 5.41) is 0. The van der Waals surface area contributed by atoms with Gasteiger partial charge in [0, 0.05) is 19.2 Å². The molecule has 0 fully saturated rings. The number of ether oxygens (including phenoxy) is 2. The lowest BCUT2D eigenvalue weighted by atomic mass is 10.1. The van der Waals surface area contributed by atoms with E-state index in [9.17, 15) is 4.79 Å². The molecule has 2 rings (SSSR count). The highest BCUT2D eigenvalue weighted by Crippen LogP contribution is 2.19. The van der Waals surface area contributed by atoms with E-state index in [4.69, 9.17) is 13.9 Å². The molecule has 1 heterocycles. The van der Waals surface area contributed by atoms with Gasteiger partial charge in [-0.15, -0.1) is 0 Å². The second-order valence-corrected chi connectivity index (χ2v) is 4.88. The third-order valence-electron chi connectivity index (χ3n) is 3.38. The molecule has 0 spiro atoms. The zero-order valence-electron chi connectivity index (χ0n) is 13.0. The van der Waals surface area contributed by atoms with Gasteiger partial charge in [-0.2, -0.15) is 0 Å². The molecular formula is C17H21NO4. The molecule has 0 aliphatic heterocycles. The molecule has 0 unspecified atom stereocenters. The molecule has 5 nitrogen and oxygen atoms in total. The number of amides is 1. The Hall–Kier alpha value is -2.27. The number of hydrogen-bond donors (Lipinski definition) is 0. The van der Waals surface area contributed by atoms with Gasteiger partial charge in [0.2, 0.25) is 5.91 Å². The van der Waals surface area contributed by atoms with Crippen LogP contribution in [0.5, 0.6) is 5.75 Å². The Morgan fingerprint density at radius 1 is 1.18 bits per heavy atom. The van der Waals surface area contributed by atoms with E-state index in [-0.39, 0.29) is 12.3 Å². The molecule has 5 heteroatoms. The van der Waals surface area contributed by atoms with Crippen LogP contribution in [-0.2, 0) is 22.5 Å². The van der Waals surface area contributed by atoms with Gasteiger partial charge in [0.1, 0.15) is 11.5 Å². The topological polar surface area (TPSA) is 51.9 Å². The van der Waals surface area contributed by atoms with Gasteiger partial charge in [0.05, 0.1) is 32.9 Å². The normalized spacial score (nSPS) is 10.5. The van der Waals surface area contributed by atoms with Crippen LogP contribution in [0.4, 0.5) is 0 Å². The Balaban J connectivity index is 2.07. The number of furan rings is 1. The zero-order valence-corrected chi connectivity index (χ0v) is 13.0. The Bertz CT molecular complexity index is 580. The molecular weight excluding hydrogens is 282 g/mol. The highest BCUT2D eigenvalue weighted by atomic mass is 16.5. The minimum absolute atomic E-state index is 0.0120. The number of methoxy groups -OCH3 is 2. The van der Waals surface area contributed by atoms with Crippen molar-refractivity contribution in [2.75, 3.05) is 27.4 Å². The maximum atomic E-state index is 12.6. The van der Waals surface area contributed by atoms with Crippen molar-refractivity contribution in [2.24, 2.45) is 0 Å².